The molecule has 1 aliphatic heterocycles. The molecule has 0 saturated carbocycles. The lowest BCUT2D eigenvalue weighted by Gasteiger charge is -2.20. The van der Waals surface area contributed by atoms with Gasteiger partial charge in [-0.3, -0.25) is 4.57 Å². The summed E-state index contributed by atoms with van der Waals surface area (Å²) in [5, 5.41) is 9.91. The summed E-state index contributed by atoms with van der Waals surface area (Å²) in [6.07, 6.45) is 16.8. The van der Waals surface area contributed by atoms with Crippen LogP contribution < -0.4 is 16.0 Å². The van der Waals surface area contributed by atoms with Crippen molar-refractivity contribution in [3.05, 3.63) is 79.4 Å². The van der Waals surface area contributed by atoms with Crippen LogP contribution in [0.2, 0.25) is 0 Å². The lowest BCUT2D eigenvalue weighted by Crippen LogP contribution is -2.33. The number of allylic oxidation sites excluding steroid dienone is 2. The first-order valence-electron chi connectivity index (χ1n) is 9.18. The molecule has 1 aliphatic rings. The molecule has 0 aromatic carbocycles. The topological polar surface area (TPSA) is 97.0 Å². The Balaban J connectivity index is 1.46. The van der Waals surface area contributed by atoms with E-state index in [2.05, 4.69) is 35.9 Å². The SMILES string of the molecule is CC1=CNC(Nc2nc(Nc3ccn4ccnc4c3)cc(-n3ccnc3)n2)C=C1. The predicted octanol–water partition coefficient (Wildman–Crippen LogP) is 2.85. The lowest BCUT2D eigenvalue weighted by molar-refractivity contribution is 0.755. The van der Waals surface area contributed by atoms with Gasteiger partial charge < -0.3 is 20.4 Å². The molecule has 9 heteroatoms. The Bertz CT molecular complexity index is 1200. The lowest BCUT2D eigenvalue weighted by atomic mass is 10.2. The van der Waals surface area contributed by atoms with Gasteiger partial charge in [0.05, 0.1) is 0 Å². The van der Waals surface area contributed by atoms with Gasteiger partial charge in [0, 0.05) is 55.0 Å². The average molecular weight is 385 g/mol. The van der Waals surface area contributed by atoms with Crippen LogP contribution in [0, 0.1) is 0 Å². The number of aromatic nitrogens is 6. The minimum absolute atomic E-state index is 0.0918. The fourth-order valence-electron chi connectivity index (χ4n) is 3.03. The summed E-state index contributed by atoms with van der Waals surface area (Å²) in [5.74, 6) is 1.86. The second-order valence-electron chi connectivity index (χ2n) is 6.67. The van der Waals surface area contributed by atoms with Gasteiger partial charge in [0.2, 0.25) is 5.95 Å². The highest BCUT2D eigenvalue weighted by atomic mass is 15.2. The second-order valence-corrected chi connectivity index (χ2v) is 6.67. The van der Waals surface area contributed by atoms with E-state index >= 15 is 0 Å². The molecular formula is C20H19N9. The van der Waals surface area contributed by atoms with E-state index in [1.165, 1.54) is 0 Å². The van der Waals surface area contributed by atoms with Crippen LogP contribution in [0.25, 0.3) is 11.5 Å². The molecule has 5 rings (SSSR count). The second kappa shape index (κ2) is 7.12. The molecule has 0 fully saturated rings. The number of rotatable bonds is 5. The van der Waals surface area contributed by atoms with Crippen LogP contribution in [0.15, 0.2) is 79.4 Å². The maximum Gasteiger partial charge on any atom is 0.228 e. The van der Waals surface area contributed by atoms with Crippen LogP contribution in [0.4, 0.5) is 17.5 Å². The molecule has 9 nitrogen and oxygen atoms in total. The van der Waals surface area contributed by atoms with E-state index in [-0.39, 0.29) is 6.17 Å². The van der Waals surface area contributed by atoms with E-state index in [1.54, 1.807) is 18.7 Å². The molecule has 0 aliphatic carbocycles. The van der Waals surface area contributed by atoms with E-state index in [1.807, 2.05) is 71.0 Å². The summed E-state index contributed by atoms with van der Waals surface area (Å²) in [5.41, 5.74) is 2.91. The monoisotopic (exact) mass is 385 g/mol. The molecule has 4 aromatic rings. The fourth-order valence-corrected chi connectivity index (χ4v) is 3.03. The molecular weight excluding hydrogens is 366 g/mol. The smallest absolute Gasteiger partial charge is 0.228 e. The third-order valence-corrected chi connectivity index (χ3v) is 4.48. The molecule has 0 amide bonds. The predicted molar refractivity (Wildman–Crippen MR) is 111 cm³/mol. The van der Waals surface area contributed by atoms with E-state index in [4.69, 9.17) is 0 Å². The molecule has 0 spiro atoms. The number of imidazole rings is 2. The molecule has 1 atom stereocenters. The Labute approximate surface area is 166 Å². The summed E-state index contributed by atoms with van der Waals surface area (Å²) < 4.78 is 3.79. The van der Waals surface area contributed by atoms with Crippen molar-refractivity contribution in [1.29, 1.82) is 0 Å². The van der Waals surface area contributed by atoms with Gasteiger partial charge in [0.1, 0.15) is 29.8 Å². The van der Waals surface area contributed by atoms with Crippen molar-refractivity contribution in [1.82, 2.24) is 34.2 Å². The minimum Gasteiger partial charge on any atom is -0.368 e. The first-order valence-corrected chi connectivity index (χ1v) is 9.18. The average Bonchev–Trinajstić information content (AvgIpc) is 3.41. The zero-order chi connectivity index (χ0) is 19.6. The zero-order valence-corrected chi connectivity index (χ0v) is 15.7. The van der Waals surface area contributed by atoms with Crippen molar-refractivity contribution in [2.45, 2.75) is 13.1 Å². The highest BCUT2D eigenvalue weighted by molar-refractivity contribution is 5.63. The normalized spacial score (nSPS) is 15.8. The Hall–Kier alpha value is -4.14. The molecule has 29 heavy (non-hydrogen) atoms. The third-order valence-electron chi connectivity index (χ3n) is 4.48. The number of pyridine rings is 1. The van der Waals surface area contributed by atoms with Crippen molar-refractivity contribution >= 4 is 23.1 Å². The first-order chi connectivity index (χ1) is 14.2. The summed E-state index contributed by atoms with van der Waals surface area (Å²) in [6.45, 7) is 2.04. The quantitative estimate of drug-likeness (QED) is 0.486. The van der Waals surface area contributed by atoms with Crippen LogP contribution >= 0.6 is 0 Å². The standard InChI is InChI=1S/C20H19N9/c1-14-2-3-16(23-12-14)25-20-26-17(11-19(27-20)29-8-5-21-13-29)24-15-4-7-28-9-6-22-18(28)10-15/h2-13,16,23H,1H3,(H2,24,25,26,27). The minimum atomic E-state index is -0.0918. The summed E-state index contributed by atoms with van der Waals surface area (Å²) in [4.78, 5) is 17.7. The molecule has 1 unspecified atom stereocenters. The molecule has 0 bridgehead atoms. The Kier molecular flexibility index (Phi) is 4.17. The van der Waals surface area contributed by atoms with Gasteiger partial charge in [-0.05, 0) is 24.6 Å². The van der Waals surface area contributed by atoms with Crippen molar-refractivity contribution in [3.8, 4) is 5.82 Å². The molecule has 144 valence electrons. The van der Waals surface area contributed by atoms with Crippen molar-refractivity contribution in [3.63, 3.8) is 0 Å². The Morgan fingerprint density at radius 2 is 2.07 bits per heavy atom. The number of dihydropyridines is 1. The van der Waals surface area contributed by atoms with Crippen LogP contribution in [0.5, 0.6) is 0 Å². The van der Waals surface area contributed by atoms with Crippen molar-refractivity contribution < 1.29 is 0 Å². The number of anilines is 3. The molecule has 0 saturated heterocycles. The molecule has 4 aromatic heterocycles. The zero-order valence-electron chi connectivity index (χ0n) is 15.7. The van der Waals surface area contributed by atoms with E-state index in [0.29, 0.717) is 17.6 Å². The van der Waals surface area contributed by atoms with Gasteiger partial charge in [-0.25, -0.2) is 9.97 Å². The van der Waals surface area contributed by atoms with E-state index in [9.17, 15) is 0 Å². The Morgan fingerprint density at radius 1 is 1.10 bits per heavy atom. The van der Waals surface area contributed by atoms with Crippen molar-refractivity contribution in [2.75, 3.05) is 10.6 Å². The van der Waals surface area contributed by atoms with Gasteiger partial charge >= 0.3 is 0 Å². The maximum atomic E-state index is 4.63. The number of fused-ring (bicyclic) bond motifs is 1. The highest BCUT2D eigenvalue weighted by Gasteiger charge is 2.11. The summed E-state index contributed by atoms with van der Waals surface area (Å²) in [7, 11) is 0. The molecule has 0 radical (unpaired) electrons. The number of nitrogens with zero attached hydrogens (tertiary/aromatic N) is 6. The van der Waals surface area contributed by atoms with Crippen LogP contribution in [-0.2, 0) is 0 Å². The fraction of sp³-hybridized carbons (Fsp3) is 0.100. The number of nitrogens with one attached hydrogen (secondary N) is 3. The number of hydrogen-bond donors (Lipinski definition) is 3. The van der Waals surface area contributed by atoms with Crippen LogP contribution in [0.3, 0.4) is 0 Å². The summed E-state index contributed by atoms with van der Waals surface area (Å²) >= 11 is 0. The largest absolute Gasteiger partial charge is 0.368 e. The van der Waals surface area contributed by atoms with Gasteiger partial charge in [0.25, 0.3) is 0 Å². The van der Waals surface area contributed by atoms with Gasteiger partial charge in [-0.1, -0.05) is 6.08 Å². The van der Waals surface area contributed by atoms with Crippen LogP contribution in [-0.4, -0.2) is 35.1 Å². The highest BCUT2D eigenvalue weighted by Crippen LogP contribution is 2.20. The van der Waals surface area contributed by atoms with Crippen LogP contribution in [0.1, 0.15) is 6.92 Å². The summed E-state index contributed by atoms with van der Waals surface area (Å²) in [6, 6.07) is 5.81. The maximum absolute atomic E-state index is 4.63. The number of hydrogen-bond acceptors (Lipinski definition) is 7. The van der Waals surface area contributed by atoms with E-state index < -0.39 is 0 Å². The van der Waals surface area contributed by atoms with Gasteiger partial charge in [-0.2, -0.15) is 9.97 Å². The molecule has 3 N–H and O–H groups in total. The van der Waals surface area contributed by atoms with Crippen molar-refractivity contribution in [2.24, 2.45) is 0 Å². The first kappa shape index (κ1) is 17.0. The van der Waals surface area contributed by atoms with E-state index in [0.717, 1.165) is 16.9 Å². The van der Waals surface area contributed by atoms with Gasteiger partial charge in [-0.15, -0.1) is 0 Å². The Morgan fingerprint density at radius 3 is 2.90 bits per heavy atom. The third kappa shape index (κ3) is 3.65. The van der Waals surface area contributed by atoms with Gasteiger partial charge in [0.15, 0.2) is 0 Å². The molecule has 5 heterocycles.